The van der Waals surface area contributed by atoms with Crippen LogP contribution in [0.2, 0.25) is 0 Å². The Morgan fingerprint density at radius 2 is 1.29 bits per heavy atom. The molecule has 0 spiro atoms. The van der Waals surface area contributed by atoms with E-state index in [-0.39, 0.29) is 6.10 Å². The number of β-amino-alcohol motifs (C(OH)–C–C–N with tert-alkyl or cyclic N) is 1. The maximum atomic E-state index is 10.7. The average molecular weight is 416 g/mol. The van der Waals surface area contributed by atoms with E-state index in [0.717, 1.165) is 36.6 Å². The van der Waals surface area contributed by atoms with Crippen LogP contribution < -0.4 is 0 Å². The van der Waals surface area contributed by atoms with Crippen LogP contribution in [0.25, 0.3) is 0 Å². The lowest BCUT2D eigenvalue weighted by atomic mass is 9.90. The molecule has 0 radical (unpaired) electrons. The van der Waals surface area contributed by atoms with Gasteiger partial charge in [0.15, 0.2) is 0 Å². The van der Waals surface area contributed by atoms with Crippen molar-refractivity contribution in [2.45, 2.75) is 31.5 Å². The summed E-state index contributed by atoms with van der Waals surface area (Å²) in [6.07, 6.45) is 2.91. The molecule has 162 valence electrons. The van der Waals surface area contributed by atoms with Crippen molar-refractivity contribution in [1.29, 1.82) is 0 Å². The first-order valence-corrected chi connectivity index (χ1v) is 11.4. The number of likely N-dealkylation sites (tertiary alicyclic amines) is 1. The highest BCUT2D eigenvalue weighted by atomic mass is 16.5. The van der Waals surface area contributed by atoms with Gasteiger partial charge >= 0.3 is 0 Å². The Morgan fingerprint density at radius 1 is 0.774 bits per heavy atom. The lowest BCUT2D eigenvalue weighted by molar-refractivity contribution is -0.0123. The summed E-state index contributed by atoms with van der Waals surface area (Å²) in [5, 5.41) is 10.7. The fourth-order valence-corrected chi connectivity index (χ4v) is 4.52. The van der Waals surface area contributed by atoms with E-state index >= 15 is 0 Å². The molecule has 3 aromatic carbocycles. The van der Waals surface area contributed by atoms with E-state index in [1.54, 1.807) is 0 Å². The van der Waals surface area contributed by atoms with Crippen LogP contribution in [0.3, 0.4) is 0 Å². The number of hydrogen-bond donors (Lipinski definition) is 1. The fourth-order valence-electron chi connectivity index (χ4n) is 4.52. The van der Waals surface area contributed by atoms with Crippen LogP contribution in [0.15, 0.2) is 91.0 Å². The Kier molecular flexibility index (Phi) is 7.89. The molecule has 0 bridgehead atoms. The summed E-state index contributed by atoms with van der Waals surface area (Å²) < 4.78 is 6.24. The number of hydrogen-bond acceptors (Lipinski definition) is 3. The summed E-state index contributed by atoms with van der Waals surface area (Å²) in [4.78, 5) is 2.38. The lowest BCUT2D eigenvalue weighted by Gasteiger charge is -2.33. The van der Waals surface area contributed by atoms with Crippen molar-refractivity contribution in [3.8, 4) is 0 Å². The number of aliphatic hydroxyl groups is 1. The molecule has 1 saturated heterocycles. The SMILES string of the molecule is OC(COC(c1ccccc1)c1ccccc1)CN1CCC(Cc2ccccc2)CC1. The van der Waals surface area contributed by atoms with Gasteiger partial charge in [-0.15, -0.1) is 0 Å². The highest BCUT2D eigenvalue weighted by molar-refractivity contribution is 5.29. The van der Waals surface area contributed by atoms with E-state index in [4.69, 9.17) is 4.74 Å². The third-order valence-corrected chi connectivity index (χ3v) is 6.20. The molecular weight excluding hydrogens is 382 g/mol. The zero-order chi connectivity index (χ0) is 21.3. The van der Waals surface area contributed by atoms with Gasteiger partial charge in [0.05, 0.1) is 12.7 Å². The van der Waals surface area contributed by atoms with Crippen molar-refractivity contribution in [3.63, 3.8) is 0 Å². The topological polar surface area (TPSA) is 32.7 Å². The predicted molar refractivity (Wildman–Crippen MR) is 126 cm³/mol. The smallest absolute Gasteiger partial charge is 0.108 e. The van der Waals surface area contributed by atoms with E-state index in [1.165, 1.54) is 18.4 Å². The highest BCUT2D eigenvalue weighted by Crippen LogP contribution is 2.26. The van der Waals surface area contributed by atoms with Gasteiger partial charge in [0.2, 0.25) is 0 Å². The first kappa shape index (κ1) is 21.8. The second-order valence-corrected chi connectivity index (χ2v) is 8.62. The van der Waals surface area contributed by atoms with Crippen molar-refractivity contribution in [3.05, 3.63) is 108 Å². The largest absolute Gasteiger partial charge is 0.389 e. The summed E-state index contributed by atoms with van der Waals surface area (Å²) in [5.74, 6) is 0.743. The van der Waals surface area contributed by atoms with Crippen LogP contribution in [0.5, 0.6) is 0 Å². The van der Waals surface area contributed by atoms with Gasteiger partial charge in [0.1, 0.15) is 6.10 Å². The maximum Gasteiger partial charge on any atom is 0.108 e. The molecule has 3 aromatic rings. The van der Waals surface area contributed by atoms with Gasteiger partial charge < -0.3 is 14.7 Å². The molecule has 0 saturated carbocycles. The molecular formula is C28H33NO2. The van der Waals surface area contributed by atoms with Gasteiger partial charge in [-0.05, 0) is 55.0 Å². The van der Waals surface area contributed by atoms with Crippen molar-refractivity contribution in [1.82, 2.24) is 4.90 Å². The molecule has 3 heteroatoms. The van der Waals surface area contributed by atoms with Crippen LogP contribution in [0.1, 0.15) is 35.6 Å². The number of ether oxygens (including phenoxy) is 1. The van der Waals surface area contributed by atoms with Crippen molar-refractivity contribution >= 4 is 0 Å². The lowest BCUT2D eigenvalue weighted by Crippen LogP contribution is -2.40. The summed E-state index contributed by atoms with van der Waals surface area (Å²) in [6.45, 7) is 3.11. The van der Waals surface area contributed by atoms with E-state index < -0.39 is 6.10 Å². The third kappa shape index (κ3) is 6.51. The Hall–Kier alpha value is -2.46. The molecule has 1 unspecified atom stereocenters. The molecule has 0 amide bonds. The van der Waals surface area contributed by atoms with Gasteiger partial charge in [0, 0.05) is 6.54 Å². The number of nitrogens with zero attached hydrogens (tertiary/aromatic N) is 1. The average Bonchev–Trinajstić information content (AvgIpc) is 2.83. The number of benzene rings is 3. The first-order chi connectivity index (χ1) is 15.3. The van der Waals surface area contributed by atoms with Crippen LogP contribution in [-0.4, -0.2) is 42.4 Å². The zero-order valence-corrected chi connectivity index (χ0v) is 18.1. The second-order valence-electron chi connectivity index (χ2n) is 8.62. The molecule has 1 N–H and O–H groups in total. The summed E-state index contributed by atoms with van der Waals surface area (Å²) in [7, 11) is 0. The van der Waals surface area contributed by atoms with Crippen molar-refractivity contribution in [2.75, 3.05) is 26.2 Å². The van der Waals surface area contributed by atoms with Crippen LogP contribution in [-0.2, 0) is 11.2 Å². The summed E-state index contributed by atoms with van der Waals surface area (Å²) in [5.41, 5.74) is 3.66. The maximum absolute atomic E-state index is 10.7. The minimum atomic E-state index is -0.486. The Morgan fingerprint density at radius 3 is 1.84 bits per heavy atom. The standard InChI is InChI=1S/C28H33NO2/c30-27(21-29-18-16-24(17-19-29)20-23-10-4-1-5-11-23)22-31-28(25-12-6-2-7-13-25)26-14-8-3-9-15-26/h1-15,24,27-28,30H,16-22H2. The quantitative estimate of drug-likeness (QED) is 0.527. The molecule has 1 heterocycles. The van der Waals surface area contributed by atoms with E-state index in [9.17, 15) is 5.11 Å². The zero-order valence-electron chi connectivity index (χ0n) is 18.1. The van der Waals surface area contributed by atoms with Crippen LogP contribution in [0.4, 0.5) is 0 Å². The monoisotopic (exact) mass is 415 g/mol. The van der Waals surface area contributed by atoms with Gasteiger partial charge in [0.25, 0.3) is 0 Å². The molecule has 4 rings (SSSR count). The minimum Gasteiger partial charge on any atom is -0.389 e. The van der Waals surface area contributed by atoms with Gasteiger partial charge in [-0.3, -0.25) is 0 Å². The molecule has 0 aromatic heterocycles. The highest BCUT2D eigenvalue weighted by Gasteiger charge is 2.22. The normalized spacial score (nSPS) is 16.5. The predicted octanol–water partition coefficient (Wildman–Crippen LogP) is 5.11. The fraction of sp³-hybridized carbons (Fsp3) is 0.357. The van der Waals surface area contributed by atoms with Crippen LogP contribution in [0, 0.1) is 5.92 Å². The second kappa shape index (κ2) is 11.2. The molecule has 1 fully saturated rings. The molecule has 31 heavy (non-hydrogen) atoms. The molecule has 0 aliphatic carbocycles. The minimum absolute atomic E-state index is 0.159. The first-order valence-electron chi connectivity index (χ1n) is 11.4. The number of rotatable bonds is 9. The Bertz CT molecular complexity index is 837. The third-order valence-electron chi connectivity index (χ3n) is 6.20. The van der Waals surface area contributed by atoms with Crippen LogP contribution >= 0.6 is 0 Å². The number of piperidine rings is 1. The summed E-state index contributed by atoms with van der Waals surface area (Å²) in [6, 6.07) is 31.3. The Balaban J connectivity index is 1.26. The van der Waals surface area contributed by atoms with E-state index in [0.29, 0.717) is 13.2 Å². The number of aliphatic hydroxyl groups excluding tert-OH is 1. The van der Waals surface area contributed by atoms with Gasteiger partial charge in [-0.25, -0.2) is 0 Å². The molecule has 1 aliphatic rings. The van der Waals surface area contributed by atoms with E-state index in [2.05, 4.69) is 59.5 Å². The van der Waals surface area contributed by atoms with E-state index in [1.807, 2.05) is 36.4 Å². The molecule has 1 atom stereocenters. The van der Waals surface area contributed by atoms with Crippen molar-refractivity contribution < 1.29 is 9.84 Å². The van der Waals surface area contributed by atoms with Crippen molar-refractivity contribution in [2.24, 2.45) is 5.92 Å². The molecule has 1 aliphatic heterocycles. The van der Waals surface area contributed by atoms with Gasteiger partial charge in [-0.1, -0.05) is 91.0 Å². The Labute approximate surface area is 186 Å². The summed E-state index contributed by atoms with van der Waals surface area (Å²) >= 11 is 0. The van der Waals surface area contributed by atoms with Gasteiger partial charge in [-0.2, -0.15) is 0 Å². The molecule has 3 nitrogen and oxygen atoms in total.